The third-order valence-corrected chi connectivity index (χ3v) is 4.04. The van der Waals surface area contributed by atoms with Crippen LogP contribution in [-0.4, -0.2) is 17.7 Å². The molecule has 1 N–H and O–H groups in total. The Kier molecular flexibility index (Phi) is 4.60. The van der Waals surface area contributed by atoms with Crippen LogP contribution in [-0.2, 0) is 0 Å². The van der Waals surface area contributed by atoms with Gasteiger partial charge in [-0.3, -0.25) is 0 Å². The second-order valence-electron chi connectivity index (χ2n) is 6.62. The highest BCUT2D eigenvalue weighted by Gasteiger charge is 2.39. The topological polar surface area (TPSA) is 21.3 Å². The molecule has 0 atom stereocenters. The largest absolute Gasteiger partial charge is 0.484 e. The fourth-order valence-corrected chi connectivity index (χ4v) is 2.60. The first-order valence-corrected chi connectivity index (χ1v) is 7.57. The molecule has 2 rings (SSSR count). The number of halogens is 2. The van der Waals surface area contributed by atoms with Gasteiger partial charge in [0.15, 0.2) is 11.6 Å². The molecule has 4 heteroatoms. The quantitative estimate of drug-likeness (QED) is 0.860. The molecule has 0 saturated heterocycles. The molecular formula is C16H23ClFNO. The SMILES string of the molecule is CC(C)(C)NCCC1(Oc2cccc(Cl)c2F)CCC1. The molecule has 0 heterocycles. The molecule has 0 spiro atoms. The maximum Gasteiger partial charge on any atom is 0.183 e. The van der Waals surface area contributed by atoms with Gasteiger partial charge in [0.1, 0.15) is 5.60 Å². The van der Waals surface area contributed by atoms with E-state index in [0.29, 0.717) is 0 Å². The lowest BCUT2D eigenvalue weighted by Gasteiger charge is -2.42. The van der Waals surface area contributed by atoms with Crippen molar-refractivity contribution < 1.29 is 9.13 Å². The highest BCUT2D eigenvalue weighted by molar-refractivity contribution is 6.30. The van der Waals surface area contributed by atoms with Crippen LogP contribution in [0.25, 0.3) is 0 Å². The summed E-state index contributed by atoms with van der Waals surface area (Å²) in [4.78, 5) is 0. The van der Waals surface area contributed by atoms with Gasteiger partial charge in [0.25, 0.3) is 0 Å². The van der Waals surface area contributed by atoms with Crippen molar-refractivity contribution in [3.63, 3.8) is 0 Å². The van der Waals surface area contributed by atoms with Crippen LogP contribution in [0.2, 0.25) is 5.02 Å². The van der Waals surface area contributed by atoms with Crippen molar-refractivity contribution in [1.29, 1.82) is 0 Å². The van der Waals surface area contributed by atoms with Crippen molar-refractivity contribution in [2.24, 2.45) is 0 Å². The highest BCUT2D eigenvalue weighted by atomic mass is 35.5. The van der Waals surface area contributed by atoms with E-state index in [4.69, 9.17) is 16.3 Å². The Morgan fingerprint density at radius 2 is 2.05 bits per heavy atom. The van der Waals surface area contributed by atoms with Gasteiger partial charge in [-0.05, 0) is 65.1 Å². The van der Waals surface area contributed by atoms with E-state index >= 15 is 0 Å². The Morgan fingerprint density at radius 3 is 2.60 bits per heavy atom. The van der Waals surface area contributed by atoms with Crippen LogP contribution in [0.5, 0.6) is 5.75 Å². The Morgan fingerprint density at radius 1 is 1.35 bits per heavy atom. The monoisotopic (exact) mass is 299 g/mol. The maximum atomic E-state index is 13.9. The predicted octanol–water partition coefficient (Wildman–Crippen LogP) is 4.56. The van der Waals surface area contributed by atoms with E-state index in [2.05, 4.69) is 26.1 Å². The Balaban J connectivity index is 1.99. The summed E-state index contributed by atoms with van der Waals surface area (Å²) in [7, 11) is 0. The van der Waals surface area contributed by atoms with Crippen molar-refractivity contribution in [3.8, 4) is 5.75 Å². The molecule has 1 aliphatic rings. The molecule has 0 bridgehead atoms. The van der Waals surface area contributed by atoms with Crippen LogP contribution >= 0.6 is 11.6 Å². The van der Waals surface area contributed by atoms with Crippen molar-refractivity contribution in [2.75, 3.05) is 6.54 Å². The van der Waals surface area contributed by atoms with Gasteiger partial charge in [-0.1, -0.05) is 17.7 Å². The van der Waals surface area contributed by atoms with Gasteiger partial charge in [0.2, 0.25) is 0 Å². The van der Waals surface area contributed by atoms with Crippen LogP contribution in [0.4, 0.5) is 4.39 Å². The summed E-state index contributed by atoms with van der Waals surface area (Å²) in [6.07, 6.45) is 3.98. The van der Waals surface area contributed by atoms with Crippen LogP contribution in [0, 0.1) is 5.82 Å². The maximum absolute atomic E-state index is 13.9. The fourth-order valence-electron chi connectivity index (χ4n) is 2.44. The number of ether oxygens (including phenoxy) is 1. The molecule has 0 unspecified atom stereocenters. The van der Waals surface area contributed by atoms with Crippen molar-refractivity contribution in [2.45, 2.75) is 57.6 Å². The van der Waals surface area contributed by atoms with Gasteiger partial charge in [-0.25, -0.2) is 4.39 Å². The lowest BCUT2D eigenvalue weighted by atomic mass is 9.77. The Bertz CT molecular complexity index is 466. The van der Waals surface area contributed by atoms with Gasteiger partial charge in [0.05, 0.1) is 5.02 Å². The molecule has 0 amide bonds. The normalized spacial score (nSPS) is 17.6. The third-order valence-electron chi connectivity index (χ3n) is 3.74. The molecule has 1 aromatic rings. The number of benzene rings is 1. The van der Waals surface area contributed by atoms with E-state index in [0.717, 1.165) is 32.2 Å². The van der Waals surface area contributed by atoms with Crippen LogP contribution in [0.3, 0.4) is 0 Å². The van der Waals surface area contributed by atoms with E-state index in [-0.39, 0.29) is 21.9 Å². The van der Waals surface area contributed by atoms with E-state index in [1.54, 1.807) is 18.2 Å². The molecule has 1 saturated carbocycles. The molecule has 20 heavy (non-hydrogen) atoms. The first-order valence-electron chi connectivity index (χ1n) is 7.19. The zero-order valence-electron chi connectivity index (χ0n) is 12.4. The van der Waals surface area contributed by atoms with Gasteiger partial charge < -0.3 is 10.1 Å². The Hall–Kier alpha value is -0.800. The second kappa shape index (κ2) is 5.90. The van der Waals surface area contributed by atoms with Gasteiger partial charge >= 0.3 is 0 Å². The minimum absolute atomic E-state index is 0.0895. The number of hydrogen-bond acceptors (Lipinski definition) is 2. The lowest BCUT2D eigenvalue weighted by molar-refractivity contribution is -0.0181. The Labute approximate surface area is 125 Å². The molecule has 1 aromatic carbocycles. The molecular weight excluding hydrogens is 277 g/mol. The molecule has 2 nitrogen and oxygen atoms in total. The smallest absolute Gasteiger partial charge is 0.183 e. The number of hydrogen-bond donors (Lipinski definition) is 1. The minimum atomic E-state index is -0.454. The number of rotatable bonds is 5. The van der Waals surface area contributed by atoms with Crippen LogP contribution in [0.15, 0.2) is 18.2 Å². The standard InChI is InChI=1S/C16H23ClFNO/c1-15(2,3)19-11-10-16(8-5-9-16)20-13-7-4-6-12(17)14(13)18/h4,6-7,19H,5,8-11H2,1-3H3. The summed E-state index contributed by atoms with van der Waals surface area (Å²) in [6, 6.07) is 4.91. The van der Waals surface area contributed by atoms with E-state index in [1.165, 1.54) is 0 Å². The van der Waals surface area contributed by atoms with E-state index in [9.17, 15) is 4.39 Å². The molecule has 112 valence electrons. The van der Waals surface area contributed by atoms with Crippen molar-refractivity contribution in [1.82, 2.24) is 5.32 Å². The van der Waals surface area contributed by atoms with Crippen molar-refractivity contribution in [3.05, 3.63) is 29.0 Å². The van der Waals surface area contributed by atoms with Gasteiger partial charge in [0, 0.05) is 5.54 Å². The summed E-state index contributed by atoms with van der Waals surface area (Å²) in [5.41, 5.74) is -0.143. The fraction of sp³-hybridized carbons (Fsp3) is 0.625. The highest BCUT2D eigenvalue weighted by Crippen LogP contribution is 2.40. The minimum Gasteiger partial charge on any atom is -0.484 e. The molecule has 0 radical (unpaired) electrons. The zero-order valence-corrected chi connectivity index (χ0v) is 13.2. The number of nitrogens with one attached hydrogen (secondary N) is 1. The van der Waals surface area contributed by atoms with Gasteiger partial charge in [-0.2, -0.15) is 0 Å². The molecule has 1 fully saturated rings. The molecule has 0 aliphatic heterocycles. The van der Waals surface area contributed by atoms with Gasteiger partial charge in [-0.15, -0.1) is 0 Å². The average Bonchev–Trinajstić information content (AvgIpc) is 2.30. The van der Waals surface area contributed by atoms with Crippen molar-refractivity contribution >= 4 is 11.6 Å². The average molecular weight is 300 g/mol. The first kappa shape index (κ1) is 15.6. The lowest BCUT2D eigenvalue weighted by Crippen LogP contribution is -2.47. The molecule has 0 aromatic heterocycles. The summed E-state index contributed by atoms with van der Waals surface area (Å²) in [5.74, 6) is -0.183. The summed E-state index contributed by atoms with van der Waals surface area (Å²) in [5, 5.41) is 3.57. The zero-order chi connectivity index (χ0) is 14.8. The van der Waals surface area contributed by atoms with E-state index in [1.807, 2.05) is 0 Å². The van der Waals surface area contributed by atoms with E-state index < -0.39 is 5.82 Å². The van der Waals surface area contributed by atoms with Crippen LogP contribution < -0.4 is 10.1 Å². The summed E-state index contributed by atoms with van der Waals surface area (Å²) >= 11 is 5.80. The third kappa shape index (κ3) is 3.86. The first-order chi connectivity index (χ1) is 9.31. The van der Waals surface area contributed by atoms with Crippen LogP contribution in [0.1, 0.15) is 46.5 Å². The summed E-state index contributed by atoms with van der Waals surface area (Å²) < 4.78 is 19.9. The second-order valence-corrected chi connectivity index (χ2v) is 7.02. The predicted molar refractivity (Wildman–Crippen MR) is 81.0 cm³/mol. The molecule has 1 aliphatic carbocycles. The summed E-state index contributed by atoms with van der Waals surface area (Å²) in [6.45, 7) is 7.28.